The molecule has 0 heterocycles. The van der Waals surface area contributed by atoms with Crippen LogP contribution in [-0.2, 0) is 13.0 Å². The fraction of sp³-hybridized carbons (Fsp3) is 0.222. The molecule has 0 unspecified atom stereocenters. The fourth-order valence-corrected chi connectivity index (χ4v) is 2.31. The van der Waals surface area contributed by atoms with Gasteiger partial charge in [-0.05, 0) is 43.2 Å². The number of hydrogen-bond donors (Lipinski definition) is 1. The number of carboxylic acid groups (broad SMARTS) is 1. The van der Waals surface area contributed by atoms with Crippen LogP contribution in [0.5, 0.6) is 5.75 Å². The summed E-state index contributed by atoms with van der Waals surface area (Å²) in [5.74, 6) is -0.318. The monoisotopic (exact) mass is 298 g/mol. The van der Waals surface area contributed by atoms with Crippen molar-refractivity contribution in [3.05, 3.63) is 64.7 Å². The molecule has 114 valence electrons. The normalized spacial score (nSPS) is 10.3. The zero-order chi connectivity index (χ0) is 16.1. The minimum Gasteiger partial charge on any atom is -0.489 e. The van der Waals surface area contributed by atoms with Gasteiger partial charge in [-0.3, -0.25) is 4.79 Å². The fourth-order valence-electron chi connectivity index (χ4n) is 2.31. The summed E-state index contributed by atoms with van der Waals surface area (Å²) in [6, 6.07) is 12.1. The summed E-state index contributed by atoms with van der Waals surface area (Å²) >= 11 is 0. The lowest BCUT2D eigenvalue weighted by atomic mass is 10.0. The first-order valence-corrected chi connectivity index (χ1v) is 7.10. The van der Waals surface area contributed by atoms with Crippen LogP contribution in [0.1, 0.15) is 45.7 Å². The highest BCUT2D eigenvalue weighted by Crippen LogP contribution is 2.21. The number of hydrogen-bond acceptors (Lipinski definition) is 3. The Morgan fingerprint density at radius 3 is 2.41 bits per heavy atom. The van der Waals surface area contributed by atoms with E-state index in [4.69, 9.17) is 9.84 Å². The molecule has 4 heteroatoms. The van der Waals surface area contributed by atoms with E-state index in [2.05, 4.69) is 0 Å². The SMILES string of the molecule is CCc1cc(OCc2ccccc2C(=O)O)ccc1C(C)=O. The standard InChI is InChI=1S/C18H18O4/c1-3-13-10-15(8-9-16(13)12(2)19)22-11-14-6-4-5-7-17(14)18(20)21/h4-10H,3,11H2,1-2H3,(H,20,21). The highest BCUT2D eigenvalue weighted by atomic mass is 16.5. The van der Waals surface area contributed by atoms with E-state index < -0.39 is 5.97 Å². The average molecular weight is 298 g/mol. The third kappa shape index (κ3) is 3.52. The summed E-state index contributed by atoms with van der Waals surface area (Å²) in [6.07, 6.45) is 0.734. The van der Waals surface area contributed by atoms with Gasteiger partial charge in [-0.2, -0.15) is 0 Å². The van der Waals surface area contributed by atoms with Gasteiger partial charge in [0.1, 0.15) is 12.4 Å². The lowest BCUT2D eigenvalue weighted by Crippen LogP contribution is -2.06. The number of carbonyl (C=O) groups excluding carboxylic acids is 1. The first-order valence-electron chi connectivity index (χ1n) is 7.10. The molecule has 0 aliphatic heterocycles. The maximum atomic E-state index is 11.5. The van der Waals surface area contributed by atoms with Crippen LogP contribution in [0, 0.1) is 0 Å². The second kappa shape index (κ2) is 6.89. The number of carboxylic acids is 1. The zero-order valence-corrected chi connectivity index (χ0v) is 12.6. The van der Waals surface area contributed by atoms with Crippen molar-refractivity contribution in [2.24, 2.45) is 0 Å². The topological polar surface area (TPSA) is 63.6 Å². The smallest absolute Gasteiger partial charge is 0.336 e. The maximum absolute atomic E-state index is 11.5. The summed E-state index contributed by atoms with van der Waals surface area (Å²) in [7, 11) is 0. The van der Waals surface area contributed by atoms with Crippen molar-refractivity contribution >= 4 is 11.8 Å². The molecule has 0 aliphatic carbocycles. The third-order valence-electron chi connectivity index (χ3n) is 3.48. The van der Waals surface area contributed by atoms with E-state index in [1.165, 1.54) is 6.92 Å². The first kappa shape index (κ1) is 15.8. The van der Waals surface area contributed by atoms with Gasteiger partial charge in [0.25, 0.3) is 0 Å². The van der Waals surface area contributed by atoms with Gasteiger partial charge in [-0.15, -0.1) is 0 Å². The summed E-state index contributed by atoms with van der Waals surface area (Å²) in [5, 5.41) is 9.15. The van der Waals surface area contributed by atoms with E-state index in [0.29, 0.717) is 16.9 Å². The highest BCUT2D eigenvalue weighted by molar-refractivity contribution is 5.95. The van der Waals surface area contributed by atoms with Gasteiger partial charge in [-0.1, -0.05) is 25.1 Å². The third-order valence-corrected chi connectivity index (χ3v) is 3.48. The highest BCUT2D eigenvalue weighted by Gasteiger charge is 2.11. The number of aryl methyl sites for hydroxylation is 1. The Hall–Kier alpha value is -2.62. The molecule has 2 rings (SSSR count). The van der Waals surface area contributed by atoms with Crippen LogP contribution in [0.25, 0.3) is 0 Å². The average Bonchev–Trinajstić information content (AvgIpc) is 2.52. The van der Waals surface area contributed by atoms with E-state index in [1.54, 1.807) is 36.4 Å². The molecule has 4 nitrogen and oxygen atoms in total. The quantitative estimate of drug-likeness (QED) is 0.825. The van der Waals surface area contributed by atoms with Gasteiger partial charge in [0.05, 0.1) is 5.56 Å². The molecular weight excluding hydrogens is 280 g/mol. The number of carbonyl (C=O) groups is 2. The predicted octanol–water partition coefficient (Wildman–Crippen LogP) is 3.73. The largest absolute Gasteiger partial charge is 0.489 e. The van der Waals surface area contributed by atoms with Crippen molar-refractivity contribution < 1.29 is 19.4 Å². The Morgan fingerprint density at radius 1 is 1.05 bits per heavy atom. The minimum absolute atomic E-state index is 0.0274. The van der Waals surface area contributed by atoms with Crippen LogP contribution in [0.2, 0.25) is 0 Å². The van der Waals surface area contributed by atoms with E-state index in [-0.39, 0.29) is 18.0 Å². The molecular formula is C18H18O4. The number of Topliss-reactive ketones (excluding diaryl/α,β-unsaturated/α-hetero) is 1. The second-order valence-electron chi connectivity index (χ2n) is 4.98. The Morgan fingerprint density at radius 2 is 1.77 bits per heavy atom. The van der Waals surface area contributed by atoms with Crippen molar-refractivity contribution in [1.82, 2.24) is 0 Å². The van der Waals surface area contributed by atoms with Crippen LogP contribution in [0.15, 0.2) is 42.5 Å². The van der Waals surface area contributed by atoms with Gasteiger partial charge < -0.3 is 9.84 Å². The maximum Gasteiger partial charge on any atom is 0.336 e. The van der Waals surface area contributed by atoms with E-state index in [9.17, 15) is 9.59 Å². The molecule has 0 atom stereocenters. The zero-order valence-electron chi connectivity index (χ0n) is 12.6. The Bertz CT molecular complexity index is 704. The molecule has 2 aromatic rings. The molecule has 0 bridgehead atoms. The van der Waals surface area contributed by atoms with Crippen LogP contribution in [-0.4, -0.2) is 16.9 Å². The molecule has 0 radical (unpaired) electrons. The molecule has 0 saturated carbocycles. The molecule has 1 N–H and O–H groups in total. The summed E-state index contributed by atoms with van der Waals surface area (Å²) < 4.78 is 5.69. The summed E-state index contributed by atoms with van der Waals surface area (Å²) in [5.41, 5.74) is 2.47. The summed E-state index contributed by atoms with van der Waals surface area (Å²) in [6.45, 7) is 3.69. The number of benzene rings is 2. The van der Waals surface area contributed by atoms with Crippen molar-refractivity contribution in [2.75, 3.05) is 0 Å². The lowest BCUT2D eigenvalue weighted by molar-refractivity contribution is 0.0693. The molecule has 0 spiro atoms. The number of rotatable bonds is 6. The van der Waals surface area contributed by atoms with Crippen molar-refractivity contribution in [1.29, 1.82) is 0 Å². The van der Waals surface area contributed by atoms with Crippen LogP contribution < -0.4 is 4.74 Å². The van der Waals surface area contributed by atoms with Crippen LogP contribution >= 0.6 is 0 Å². The molecule has 0 aromatic heterocycles. The predicted molar refractivity (Wildman–Crippen MR) is 83.6 cm³/mol. The van der Waals surface area contributed by atoms with Gasteiger partial charge in [-0.25, -0.2) is 4.79 Å². The van der Waals surface area contributed by atoms with Gasteiger partial charge in [0.15, 0.2) is 5.78 Å². The number of aromatic carboxylic acids is 1. The molecule has 0 amide bonds. The Labute approximate surface area is 129 Å². The van der Waals surface area contributed by atoms with Crippen molar-refractivity contribution in [3.8, 4) is 5.75 Å². The van der Waals surface area contributed by atoms with Crippen molar-refractivity contribution in [2.45, 2.75) is 26.9 Å². The molecule has 0 aliphatic rings. The van der Waals surface area contributed by atoms with Gasteiger partial charge in [0.2, 0.25) is 0 Å². The molecule has 2 aromatic carbocycles. The van der Waals surface area contributed by atoms with Gasteiger partial charge >= 0.3 is 5.97 Å². The lowest BCUT2D eigenvalue weighted by Gasteiger charge is -2.11. The second-order valence-corrected chi connectivity index (χ2v) is 4.98. The molecule has 22 heavy (non-hydrogen) atoms. The van der Waals surface area contributed by atoms with E-state index in [1.807, 2.05) is 13.0 Å². The van der Waals surface area contributed by atoms with E-state index in [0.717, 1.165) is 12.0 Å². The molecule has 0 saturated heterocycles. The number of ketones is 1. The Kier molecular flexibility index (Phi) is 4.94. The van der Waals surface area contributed by atoms with E-state index >= 15 is 0 Å². The molecule has 0 fully saturated rings. The minimum atomic E-state index is -0.972. The van der Waals surface area contributed by atoms with Crippen molar-refractivity contribution in [3.63, 3.8) is 0 Å². The number of ether oxygens (including phenoxy) is 1. The first-order chi connectivity index (χ1) is 10.5. The Balaban J connectivity index is 2.19. The van der Waals surface area contributed by atoms with Crippen LogP contribution in [0.3, 0.4) is 0 Å². The summed E-state index contributed by atoms with van der Waals surface area (Å²) in [4.78, 5) is 22.7. The van der Waals surface area contributed by atoms with Gasteiger partial charge in [0, 0.05) is 11.1 Å². The van der Waals surface area contributed by atoms with Crippen LogP contribution in [0.4, 0.5) is 0 Å².